The van der Waals surface area contributed by atoms with Crippen molar-refractivity contribution in [2.75, 3.05) is 31.3 Å². The molecular weight excluding hydrogens is 523 g/mol. The van der Waals surface area contributed by atoms with Crippen LogP contribution in [0.15, 0.2) is 52.5 Å². The van der Waals surface area contributed by atoms with Gasteiger partial charge >= 0.3 is 12.1 Å². The van der Waals surface area contributed by atoms with Crippen LogP contribution in [0.5, 0.6) is 0 Å². The number of amides is 1. The molecule has 13 heteroatoms. The molecular formula is C23H23ClF3N3O5S. The standard InChI is InChI=1S/C23H23ClF3N3O5S/c1-4-35-21(32)22(2)13-30(12-19(31)28-15-6-5-7-16(11-15)36(3,33)34)29-20(22)14-8-9-17(18(24)10-14)23(25,26)27/h5-11H,4,12-13H2,1-3H3,(H,28,31). The second kappa shape index (κ2) is 10.1. The van der Waals surface area contributed by atoms with Gasteiger partial charge < -0.3 is 10.1 Å². The van der Waals surface area contributed by atoms with Crippen LogP contribution in [0.1, 0.15) is 25.0 Å². The van der Waals surface area contributed by atoms with Gasteiger partial charge in [-0.25, -0.2) is 8.42 Å². The van der Waals surface area contributed by atoms with Crippen molar-refractivity contribution in [1.82, 2.24) is 5.01 Å². The van der Waals surface area contributed by atoms with Crippen molar-refractivity contribution in [3.05, 3.63) is 58.6 Å². The maximum atomic E-state index is 13.1. The molecule has 0 fully saturated rings. The van der Waals surface area contributed by atoms with E-state index in [1.807, 2.05) is 0 Å². The summed E-state index contributed by atoms with van der Waals surface area (Å²) in [5.74, 6) is -1.22. The first kappa shape index (κ1) is 27.5. The van der Waals surface area contributed by atoms with E-state index in [9.17, 15) is 31.2 Å². The number of benzene rings is 2. The van der Waals surface area contributed by atoms with Crippen LogP contribution in [0, 0.1) is 5.41 Å². The fourth-order valence-corrected chi connectivity index (χ4v) is 4.66. The van der Waals surface area contributed by atoms with Gasteiger partial charge in [0.2, 0.25) is 5.91 Å². The number of esters is 1. The van der Waals surface area contributed by atoms with Crippen molar-refractivity contribution >= 4 is 44.7 Å². The Bertz CT molecular complexity index is 1330. The second-order valence-electron chi connectivity index (χ2n) is 8.36. The molecule has 0 saturated heterocycles. The van der Waals surface area contributed by atoms with Crippen LogP contribution in [-0.2, 0) is 30.3 Å². The second-order valence-corrected chi connectivity index (χ2v) is 10.8. The van der Waals surface area contributed by atoms with Crippen molar-refractivity contribution in [3.63, 3.8) is 0 Å². The highest BCUT2D eigenvalue weighted by molar-refractivity contribution is 7.90. The summed E-state index contributed by atoms with van der Waals surface area (Å²) >= 11 is 5.87. The molecule has 2 aromatic rings. The van der Waals surface area contributed by atoms with E-state index < -0.39 is 43.9 Å². The molecule has 194 valence electrons. The Labute approximate surface area is 211 Å². The highest BCUT2D eigenvalue weighted by Crippen LogP contribution is 2.38. The lowest BCUT2D eigenvalue weighted by atomic mass is 9.82. The smallest absolute Gasteiger partial charge is 0.417 e. The summed E-state index contributed by atoms with van der Waals surface area (Å²) in [5.41, 5.74) is -1.91. The van der Waals surface area contributed by atoms with E-state index in [1.54, 1.807) is 6.92 Å². The van der Waals surface area contributed by atoms with Crippen molar-refractivity contribution < 1.29 is 35.9 Å². The molecule has 0 aromatic heterocycles. The third-order valence-electron chi connectivity index (χ3n) is 5.41. The average molecular weight is 546 g/mol. The SMILES string of the molecule is CCOC(=O)C1(C)CN(CC(=O)Nc2cccc(S(C)(=O)=O)c2)N=C1c1ccc(C(F)(F)F)c(Cl)c1. The Morgan fingerprint density at radius 3 is 2.50 bits per heavy atom. The van der Waals surface area contributed by atoms with Crippen molar-refractivity contribution in [2.45, 2.75) is 24.9 Å². The first-order valence-electron chi connectivity index (χ1n) is 10.6. The Balaban J connectivity index is 1.88. The summed E-state index contributed by atoms with van der Waals surface area (Å²) < 4.78 is 68.1. The average Bonchev–Trinajstić information content (AvgIpc) is 3.09. The van der Waals surface area contributed by atoms with Crippen LogP contribution in [0.4, 0.5) is 18.9 Å². The number of sulfone groups is 1. The third-order valence-corrected chi connectivity index (χ3v) is 6.83. The fraction of sp³-hybridized carbons (Fsp3) is 0.348. The Morgan fingerprint density at radius 2 is 1.92 bits per heavy atom. The molecule has 1 N–H and O–H groups in total. The maximum absolute atomic E-state index is 13.1. The van der Waals surface area contributed by atoms with Gasteiger partial charge in [-0.2, -0.15) is 18.3 Å². The van der Waals surface area contributed by atoms with Gasteiger partial charge in [-0.15, -0.1) is 0 Å². The van der Waals surface area contributed by atoms with Crippen LogP contribution in [0.3, 0.4) is 0 Å². The minimum absolute atomic E-state index is 0.0239. The zero-order valence-electron chi connectivity index (χ0n) is 19.5. The number of rotatable bonds is 7. The summed E-state index contributed by atoms with van der Waals surface area (Å²) in [4.78, 5) is 25.5. The third kappa shape index (κ3) is 5.98. The Kier molecular flexibility index (Phi) is 7.70. The van der Waals surface area contributed by atoms with Gasteiger partial charge in [0, 0.05) is 17.5 Å². The molecule has 1 unspecified atom stereocenters. The summed E-state index contributed by atoms with van der Waals surface area (Å²) in [6, 6.07) is 8.71. The van der Waals surface area contributed by atoms with Crippen LogP contribution < -0.4 is 5.32 Å². The van der Waals surface area contributed by atoms with Gasteiger partial charge in [-0.3, -0.25) is 14.6 Å². The first-order chi connectivity index (χ1) is 16.6. The van der Waals surface area contributed by atoms with E-state index in [0.29, 0.717) is 0 Å². The van der Waals surface area contributed by atoms with E-state index in [2.05, 4.69) is 10.4 Å². The molecule has 36 heavy (non-hydrogen) atoms. The van der Waals surface area contributed by atoms with Crippen LogP contribution in [0.2, 0.25) is 5.02 Å². The van der Waals surface area contributed by atoms with Crippen LogP contribution in [-0.4, -0.2) is 57.0 Å². The molecule has 0 aliphatic carbocycles. The molecule has 1 heterocycles. The molecule has 1 aliphatic rings. The van der Waals surface area contributed by atoms with E-state index in [0.717, 1.165) is 24.5 Å². The minimum atomic E-state index is -4.66. The summed E-state index contributed by atoms with van der Waals surface area (Å²) in [6.45, 7) is 2.78. The molecule has 2 aromatic carbocycles. The van der Waals surface area contributed by atoms with Crippen LogP contribution in [0.25, 0.3) is 0 Å². The normalized spacial score (nSPS) is 18.1. The predicted molar refractivity (Wildman–Crippen MR) is 127 cm³/mol. The van der Waals surface area contributed by atoms with Gasteiger partial charge in [-0.05, 0) is 44.2 Å². The molecule has 0 saturated carbocycles. The number of halogens is 4. The summed E-state index contributed by atoms with van der Waals surface area (Å²) in [7, 11) is -3.48. The number of carbonyl (C=O) groups excluding carboxylic acids is 2. The van der Waals surface area contributed by atoms with Gasteiger partial charge in [0.25, 0.3) is 0 Å². The fourth-order valence-electron chi connectivity index (χ4n) is 3.71. The Hall–Kier alpha value is -3.12. The first-order valence-corrected chi connectivity index (χ1v) is 12.9. The number of hydrogen-bond acceptors (Lipinski definition) is 7. The van der Waals surface area contributed by atoms with Gasteiger partial charge in [0.05, 0.1) is 34.3 Å². The van der Waals surface area contributed by atoms with Crippen molar-refractivity contribution in [3.8, 4) is 0 Å². The minimum Gasteiger partial charge on any atom is -0.465 e. The van der Waals surface area contributed by atoms with E-state index >= 15 is 0 Å². The van der Waals surface area contributed by atoms with Crippen LogP contribution >= 0.6 is 11.6 Å². The highest BCUT2D eigenvalue weighted by Gasteiger charge is 2.47. The van der Waals surface area contributed by atoms with E-state index in [-0.39, 0.29) is 41.6 Å². The Morgan fingerprint density at radius 1 is 1.22 bits per heavy atom. The number of hydrogen-bond donors (Lipinski definition) is 1. The lowest BCUT2D eigenvalue weighted by molar-refractivity contribution is -0.150. The highest BCUT2D eigenvalue weighted by atomic mass is 35.5. The quantitative estimate of drug-likeness (QED) is 0.528. The number of nitrogens with one attached hydrogen (secondary N) is 1. The van der Waals surface area contributed by atoms with Gasteiger partial charge in [0.1, 0.15) is 12.0 Å². The molecule has 0 bridgehead atoms. The maximum Gasteiger partial charge on any atom is 0.417 e. The van der Waals surface area contributed by atoms with Gasteiger partial charge in [-0.1, -0.05) is 23.7 Å². The molecule has 0 radical (unpaired) electrons. The zero-order chi connectivity index (χ0) is 26.9. The zero-order valence-corrected chi connectivity index (χ0v) is 21.1. The van der Waals surface area contributed by atoms with E-state index in [1.165, 1.54) is 36.2 Å². The number of hydrazone groups is 1. The number of alkyl halides is 3. The molecule has 1 amide bonds. The molecule has 1 aliphatic heterocycles. The number of nitrogens with zero attached hydrogens (tertiary/aromatic N) is 2. The molecule has 0 spiro atoms. The van der Waals surface area contributed by atoms with Gasteiger partial charge in [0.15, 0.2) is 9.84 Å². The largest absolute Gasteiger partial charge is 0.465 e. The molecule has 8 nitrogen and oxygen atoms in total. The molecule has 1 atom stereocenters. The summed E-state index contributed by atoms with van der Waals surface area (Å²) in [5, 5.41) is 7.64. The lowest BCUT2D eigenvalue weighted by Gasteiger charge is -2.24. The molecule has 3 rings (SSSR count). The number of anilines is 1. The number of ether oxygens (including phenoxy) is 1. The van der Waals surface area contributed by atoms with E-state index in [4.69, 9.17) is 16.3 Å². The monoisotopic (exact) mass is 545 g/mol. The predicted octanol–water partition coefficient (Wildman–Crippen LogP) is 3.99. The van der Waals surface area contributed by atoms with Crippen molar-refractivity contribution in [2.24, 2.45) is 10.5 Å². The number of carbonyl (C=O) groups is 2. The summed E-state index contributed by atoms with van der Waals surface area (Å²) in [6.07, 6.45) is -3.62. The lowest BCUT2D eigenvalue weighted by Crippen LogP contribution is -2.41. The topological polar surface area (TPSA) is 105 Å². The van der Waals surface area contributed by atoms with Crippen molar-refractivity contribution in [1.29, 1.82) is 0 Å².